The molecule has 5 rings (SSSR count). The number of piperidine rings is 1. The molecule has 7 nitrogen and oxygen atoms in total. The molecule has 0 aliphatic carbocycles. The number of amides is 2. The van der Waals surface area contributed by atoms with Gasteiger partial charge in [-0.1, -0.05) is 30.3 Å². The Labute approximate surface area is 223 Å². The predicted octanol–water partition coefficient (Wildman–Crippen LogP) is 5.49. The van der Waals surface area contributed by atoms with Crippen molar-refractivity contribution in [1.29, 1.82) is 0 Å². The van der Waals surface area contributed by atoms with Gasteiger partial charge in [0.25, 0.3) is 5.91 Å². The molecule has 0 saturated carbocycles. The Bertz CT molecular complexity index is 1430. The number of likely N-dealkylation sites (tertiary alicyclic amines) is 1. The standard InChI is InChI=1S/C29H26F3N5O2/c30-29(31,32)26-4-2-1-3-23(26)17-27(38)35-24-9-5-20(6-10-24)21-13-15-36(16-14-21)28(39)22-7-11-25(12-8-22)37-18-33-34-19-37/h1-12,18-19,21H,13-17H2,(H,35,38). The minimum absolute atomic E-state index is 0.00564. The van der Waals surface area contributed by atoms with E-state index in [-0.39, 0.29) is 23.8 Å². The fourth-order valence-electron chi connectivity index (χ4n) is 4.88. The highest BCUT2D eigenvalue weighted by Gasteiger charge is 2.33. The quantitative estimate of drug-likeness (QED) is 0.356. The highest BCUT2D eigenvalue weighted by atomic mass is 19.4. The van der Waals surface area contributed by atoms with Crippen LogP contribution in [0.4, 0.5) is 18.9 Å². The minimum atomic E-state index is -4.51. The molecule has 0 atom stereocenters. The molecule has 3 aromatic carbocycles. The zero-order chi connectivity index (χ0) is 27.4. The summed E-state index contributed by atoms with van der Waals surface area (Å²) in [5, 5.41) is 10.3. The second-order valence-corrected chi connectivity index (χ2v) is 9.48. The van der Waals surface area contributed by atoms with Crippen LogP contribution in [0, 0.1) is 0 Å². The number of hydrogen-bond donors (Lipinski definition) is 1. The summed E-state index contributed by atoms with van der Waals surface area (Å²) in [5.41, 5.74) is 2.26. The molecule has 1 saturated heterocycles. The number of hydrogen-bond acceptors (Lipinski definition) is 4. The molecular formula is C29H26F3N5O2. The molecule has 0 spiro atoms. The Morgan fingerprint density at radius 2 is 1.51 bits per heavy atom. The number of rotatable bonds is 6. The van der Waals surface area contributed by atoms with Crippen LogP contribution in [0.1, 0.15) is 45.8 Å². The van der Waals surface area contributed by atoms with Crippen LogP contribution in [-0.2, 0) is 17.4 Å². The van der Waals surface area contributed by atoms with Crippen molar-refractivity contribution in [3.8, 4) is 5.69 Å². The van der Waals surface area contributed by atoms with Crippen molar-refractivity contribution in [2.45, 2.75) is 31.4 Å². The van der Waals surface area contributed by atoms with Gasteiger partial charge in [0.15, 0.2) is 0 Å². The van der Waals surface area contributed by atoms with Gasteiger partial charge in [0.2, 0.25) is 5.91 Å². The van der Waals surface area contributed by atoms with Gasteiger partial charge in [0.1, 0.15) is 12.7 Å². The fraction of sp³-hybridized carbons (Fsp3) is 0.241. The Kier molecular flexibility index (Phi) is 7.44. The molecular weight excluding hydrogens is 507 g/mol. The summed E-state index contributed by atoms with van der Waals surface area (Å²) in [6, 6.07) is 19.8. The summed E-state index contributed by atoms with van der Waals surface area (Å²) < 4.78 is 41.4. The first kappa shape index (κ1) is 26.1. The van der Waals surface area contributed by atoms with Crippen molar-refractivity contribution < 1.29 is 22.8 Å². The fourth-order valence-corrected chi connectivity index (χ4v) is 4.88. The molecule has 1 aliphatic heterocycles. The van der Waals surface area contributed by atoms with Crippen molar-refractivity contribution >= 4 is 17.5 Å². The Morgan fingerprint density at radius 3 is 2.15 bits per heavy atom. The van der Waals surface area contributed by atoms with Gasteiger partial charge in [0.05, 0.1) is 12.0 Å². The monoisotopic (exact) mass is 533 g/mol. The summed E-state index contributed by atoms with van der Waals surface area (Å²) in [5.74, 6) is -0.247. The number of halogens is 3. The van der Waals surface area contributed by atoms with E-state index in [0.717, 1.165) is 30.2 Å². The van der Waals surface area contributed by atoms with E-state index < -0.39 is 17.6 Å². The van der Waals surface area contributed by atoms with Gasteiger partial charge in [-0.3, -0.25) is 14.2 Å². The van der Waals surface area contributed by atoms with E-state index in [1.54, 1.807) is 41.5 Å². The van der Waals surface area contributed by atoms with Crippen LogP contribution >= 0.6 is 0 Å². The average Bonchev–Trinajstić information content (AvgIpc) is 3.48. The number of alkyl halides is 3. The molecule has 10 heteroatoms. The van der Waals surface area contributed by atoms with E-state index in [9.17, 15) is 22.8 Å². The van der Waals surface area contributed by atoms with Gasteiger partial charge in [-0.15, -0.1) is 10.2 Å². The molecule has 200 valence electrons. The molecule has 2 amide bonds. The van der Waals surface area contributed by atoms with Crippen molar-refractivity contribution in [3.05, 3.63) is 108 Å². The summed E-state index contributed by atoms with van der Waals surface area (Å²) in [7, 11) is 0. The number of aromatic nitrogens is 3. The van der Waals surface area contributed by atoms with Crippen molar-refractivity contribution in [1.82, 2.24) is 19.7 Å². The third-order valence-electron chi connectivity index (χ3n) is 6.95. The van der Waals surface area contributed by atoms with E-state index >= 15 is 0 Å². The first-order valence-corrected chi connectivity index (χ1v) is 12.6. The maximum absolute atomic E-state index is 13.2. The lowest BCUT2D eigenvalue weighted by Gasteiger charge is -2.32. The third-order valence-corrected chi connectivity index (χ3v) is 6.95. The Hall–Kier alpha value is -4.47. The van der Waals surface area contributed by atoms with Crippen LogP contribution in [0.5, 0.6) is 0 Å². The summed E-state index contributed by atoms with van der Waals surface area (Å²) in [6.45, 7) is 1.27. The summed E-state index contributed by atoms with van der Waals surface area (Å²) >= 11 is 0. The summed E-state index contributed by atoms with van der Waals surface area (Å²) in [4.78, 5) is 27.3. The van der Waals surface area contributed by atoms with Gasteiger partial charge in [-0.05, 0) is 72.4 Å². The molecule has 1 fully saturated rings. The minimum Gasteiger partial charge on any atom is -0.339 e. The number of benzene rings is 3. The van der Waals surface area contributed by atoms with Crippen LogP contribution < -0.4 is 5.32 Å². The zero-order valence-electron chi connectivity index (χ0n) is 20.9. The number of carbonyl (C=O) groups excluding carboxylic acids is 2. The Morgan fingerprint density at radius 1 is 0.872 bits per heavy atom. The van der Waals surface area contributed by atoms with E-state index in [1.807, 2.05) is 29.2 Å². The van der Waals surface area contributed by atoms with Crippen LogP contribution in [-0.4, -0.2) is 44.6 Å². The second kappa shape index (κ2) is 11.1. The van der Waals surface area contributed by atoms with E-state index in [0.29, 0.717) is 24.3 Å². The predicted molar refractivity (Wildman–Crippen MR) is 139 cm³/mol. The maximum atomic E-state index is 13.2. The van der Waals surface area contributed by atoms with Gasteiger partial charge in [-0.25, -0.2) is 0 Å². The van der Waals surface area contributed by atoms with Crippen LogP contribution in [0.3, 0.4) is 0 Å². The number of nitrogens with one attached hydrogen (secondary N) is 1. The lowest BCUT2D eigenvalue weighted by Crippen LogP contribution is -2.37. The topological polar surface area (TPSA) is 80.1 Å². The Balaban J connectivity index is 1.14. The van der Waals surface area contributed by atoms with E-state index in [4.69, 9.17) is 0 Å². The molecule has 0 radical (unpaired) electrons. The first-order valence-electron chi connectivity index (χ1n) is 12.6. The van der Waals surface area contributed by atoms with Crippen molar-refractivity contribution in [3.63, 3.8) is 0 Å². The molecule has 0 bridgehead atoms. The maximum Gasteiger partial charge on any atom is 0.416 e. The highest BCUT2D eigenvalue weighted by molar-refractivity contribution is 5.94. The van der Waals surface area contributed by atoms with Gasteiger partial charge >= 0.3 is 6.18 Å². The van der Waals surface area contributed by atoms with Gasteiger partial charge < -0.3 is 10.2 Å². The second-order valence-electron chi connectivity index (χ2n) is 9.48. The number of carbonyl (C=O) groups is 2. The first-order chi connectivity index (χ1) is 18.8. The van der Waals surface area contributed by atoms with Crippen LogP contribution in [0.15, 0.2) is 85.5 Å². The molecule has 2 heterocycles. The molecule has 1 aliphatic rings. The van der Waals surface area contributed by atoms with Gasteiger partial charge in [0, 0.05) is 30.0 Å². The van der Waals surface area contributed by atoms with Crippen molar-refractivity contribution in [2.75, 3.05) is 18.4 Å². The zero-order valence-corrected chi connectivity index (χ0v) is 20.9. The molecule has 4 aromatic rings. The lowest BCUT2D eigenvalue weighted by atomic mass is 9.89. The highest BCUT2D eigenvalue weighted by Crippen LogP contribution is 2.32. The largest absolute Gasteiger partial charge is 0.416 e. The summed E-state index contributed by atoms with van der Waals surface area (Å²) in [6.07, 6.45) is -0.0653. The van der Waals surface area contributed by atoms with Gasteiger partial charge in [-0.2, -0.15) is 13.2 Å². The molecule has 0 unspecified atom stereocenters. The average molecular weight is 534 g/mol. The van der Waals surface area contributed by atoms with E-state index in [1.165, 1.54) is 18.2 Å². The van der Waals surface area contributed by atoms with E-state index in [2.05, 4.69) is 15.5 Å². The third kappa shape index (κ3) is 6.17. The SMILES string of the molecule is O=C(Cc1ccccc1C(F)(F)F)Nc1ccc(C2CCN(C(=O)c3ccc(-n4cnnc4)cc3)CC2)cc1. The lowest BCUT2D eigenvalue weighted by molar-refractivity contribution is -0.138. The van der Waals surface area contributed by atoms with Crippen LogP contribution in [0.25, 0.3) is 5.69 Å². The molecule has 1 aromatic heterocycles. The molecule has 1 N–H and O–H groups in total. The normalized spacial score (nSPS) is 14.3. The number of nitrogens with zero attached hydrogens (tertiary/aromatic N) is 4. The molecule has 39 heavy (non-hydrogen) atoms. The number of anilines is 1. The van der Waals surface area contributed by atoms with Crippen molar-refractivity contribution in [2.24, 2.45) is 0 Å². The van der Waals surface area contributed by atoms with Crippen LogP contribution in [0.2, 0.25) is 0 Å². The smallest absolute Gasteiger partial charge is 0.339 e.